The molecule has 0 aromatic rings. The third kappa shape index (κ3) is 4.71. The van der Waals surface area contributed by atoms with Gasteiger partial charge >= 0.3 is 6.18 Å². The van der Waals surface area contributed by atoms with Crippen LogP contribution in [0.5, 0.6) is 0 Å². The van der Waals surface area contributed by atoms with Crippen molar-refractivity contribution in [3.05, 3.63) is 0 Å². The summed E-state index contributed by atoms with van der Waals surface area (Å²) in [4.78, 5) is 0. The van der Waals surface area contributed by atoms with E-state index >= 15 is 0 Å². The van der Waals surface area contributed by atoms with E-state index in [1.54, 1.807) is 0 Å². The van der Waals surface area contributed by atoms with E-state index in [9.17, 15) is 22.0 Å². The molecule has 0 saturated heterocycles. The van der Waals surface area contributed by atoms with Crippen molar-refractivity contribution in [3.63, 3.8) is 0 Å². The van der Waals surface area contributed by atoms with Crippen LogP contribution < -0.4 is 0 Å². The first-order valence-electron chi connectivity index (χ1n) is 3.93. The first-order chi connectivity index (χ1) is 6.29. The van der Waals surface area contributed by atoms with Crippen LogP contribution in [0.1, 0.15) is 13.3 Å². The lowest BCUT2D eigenvalue weighted by molar-refractivity contribution is -0.239. The Morgan fingerprint density at radius 3 is 2.14 bits per heavy atom. The topological polar surface area (TPSA) is 29.5 Å². The van der Waals surface area contributed by atoms with Crippen LogP contribution in [0.15, 0.2) is 0 Å². The monoisotopic (exact) mass is 222 g/mol. The molecule has 86 valence electrons. The number of aliphatic hydroxyl groups is 1. The SMILES string of the molecule is CCC(O)COC(F)C(F)C(F)(F)F. The van der Waals surface area contributed by atoms with Gasteiger partial charge in [0.2, 0.25) is 6.36 Å². The minimum absolute atomic E-state index is 0.190. The van der Waals surface area contributed by atoms with Crippen molar-refractivity contribution < 1.29 is 31.8 Å². The molecule has 1 N–H and O–H groups in total. The molecule has 0 aromatic carbocycles. The highest BCUT2D eigenvalue weighted by molar-refractivity contribution is 4.69. The Balaban J connectivity index is 3.90. The van der Waals surface area contributed by atoms with Crippen molar-refractivity contribution in [1.82, 2.24) is 0 Å². The molecule has 0 aromatic heterocycles. The Morgan fingerprint density at radius 1 is 1.29 bits per heavy atom. The number of hydrogen-bond acceptors (Lipinski definition) is 2. The zero-order valence-corrected chi connectivity index (χ0v) is 7.39. The first-order valence-corrected chi connectivity index (χ1v) is 3.93. The van der Waals surface area contributed by atoms with Crippen molar-refractivity contribution in [2.45, 2.75) is 38.2 Å². The van der Waals surface area contributed by atoms with Gasteiger partial charge in [-0.3, -0.25) is 0 Å². The van der Waals surface area contributed by atoms with Gasteiger partial charge in [0.25, 0.3) is 6.17 Å². The molecular weight excluding hydrogens is 211 g/mol. The normalized spacial score (nSPS) is 19.1. The second kappa shape index (κ2) is 5.45. The lowest BCUT2D eigenvalue weighted by atomic mass is 10.3. The molecule has 3 unspecified atom stereocenters. The molecule has 2 nitrogen and oxygen atoms in total. The molecule has 0 aliphatic carbocycles. The fourth-order valence-electron chi connectivity index (χ4n) is 0.554. The minimum atomic E-state index is -5.28. The molecule has 0 heterocycles. The van der Waals surface area contributed by atoms with Crippen LogP contribution in [0.25, 0.3) is 0 Å². The van der Waals surface area contributed by atoms with E-state index in [1.165, 1.54) is 6.92 Å². The third-order valence-electron chi connectivity index (χ3n) is 1.46. The van der Waals surface area contributed by atoms with E-state index in [4.69, 9.17) is 5.11 Å². The minimum Gasteiger partial charge on any atom is -0.391 e. The van der Waals surface area contributed by atoms with Crippen LogP contribution in [-0.4, -0.2) is 36.5 Å². The molecule has 0 aliphatic rings. The van der Waals surface area contributed by atoms with Gasteiger partial charge in [-0.05, 0) is 6.42 Å². The van der Waals surface area contributed by atoms with E-state index in [-0.39, 0.29) is 6.42 Å². The van der Waals surface area contributed by atoms with Crippen molar-refractivity contribution >= 4 is 0 Å². The van der Waals surface area contributed by atoms with Crippen molar-refractivity contribution in [3.8, 4) is 0 Å². The van der Waals surface area contributed by atoms with Crippen LogP contribution >= 0.6 is 0 Å². The Labute approximate surface area is 77.7 Å². The number of halogens is 5. The predicted octanol–water partition coefficient (Wildman–Crippen LogP) is 1.97. The van der Waals surface area contributed by atoms with E-state index < -0.39 is 31.4 Å². The number of aliphatic hydroxyl groups excluding tert-OH is 1. The van der Waals surface area contributed by atoms with Gasteiger partial charge in [-0.25, -0.2) is 8.78 Å². The zero-order chi connectivity index (χ0) is 11.4. The molecule has 0 saturated carbocycles. The summed E-state index contributed by atoms with van der Waals surface area (Å²) >= 11 is 0. The van der Waals surface area contributed by atoms with E-state index in [0.717, 1.165) is 0 Å². The molecule has 0 fully saturated rings. The second-order valence-electron chi connectivity index (χ2n) is 2.69. The smallest absolute Gasteiger partial charge is 0.391 e. The van der Waals surface area contributed by atoms with Gasteiger partial charge in [-0.15, -0.1) is 0 Å². The average Bonchev–Trinajstić information content (AvgIpc) is 2.10. The highest BCUT2D eigenvalue weighted by atomic mass is 19.4. The summed E-state index contributed by atoms with van der Waals surface area (Å²) in [6.07, 6.45) is -12.9. The molecule has 0 amide bonds. The summed E-state index contributed by atoms with van der Waals surface area (Å²) in [5.41, 5.74) is 0. The van der Waals surface area contributed by atoms with E-state index in [2.05, 4.69) is 4.74 Å². The maximum absolute atomic E-state index is 12.4. The third-order valence-corrected chi connectivity index (χ3v) is 1.46. The average molecular weight is 222 g/mol. The molecule has 3 atom stereocenters. The summed E-state index contributed by atoms with van der Waals surface area (Å²) < 4.78 is 63.0. The summed E-state index contributed by atoms with van der Waals surface area (Å²) in [5.74, 6) is 0. The van der Waals surface area contributed by atoms with E-state index in [0.29, 0.717) is 0 Å². The fraction of sp³-hybridized carbons (Fsp3) is 1.00. The predicted molar refractivity (Wildman–Crippen MR) is 38.1 cm³/mol. The molecule has 0 aliphatic heterocycles. The summed E-state index contributed by atoms with van der Waals surface area (Å²) in [6.45, 7) is 0.867. The Kier molecular flexibility index (Phi) is 5.28. The second-order valence-corrected chi connectivity index (χ2v) is 2.69. The highest BCUT2D eigenvalue weighted by Crippen LogP contribution is 2.27. The fourth-order valence-corrected chi connectivity index (χ4v) is 0.554. The van der Waals surface area contributed by atoms with Gasteiger partial charge in [0.1, 0.15) is 0 Å². The molecular formula is C7H11F5O2. The molecule has 0 bridgehead atoms. The maximum atomic E-state index is 12.4. The highest BCUT2D eigenvalue weighted by Gasteiger charge is 2.46. The molecule has 0 spiro atoms. The Hall–Kier alpha value is -0.430. The lowest BCUT2D eigenvalue weighted by Crippen LogP contribution is -2.36. The Morgan fingerprint density at radius 2 is 1.79 bits per heavy atom. The summed E-state index contributed by atoms with van der Waals surface area (Å²) in [6, 6.07) is 0. The van der Waals surface area contributed by atoms with Crippen LogP contribution in [0.4, 0.5) is 22.0 Å². The standard InChI is InChI=1S/C7H11F5O2/c1-2-4(13)3-14-6(9)5(8)7(10,11)12/h4-6,13H,2-3H2,1H3. The zero-order valence-electron chi connectivity index (χ0n) is 7.39. The van der Waals surface area contributed by atoms with Gasteiger partial charge in [0.05, 0.1) is 12.7 Å². The number of ether oxygens (including phenoxy) is 1. The van der Waals surface area contributed by atoms with Crippen LogP contribution in [0.3, 0.4) is 0 Å². The molecule has 14 heavy (non-hydrogen) atoms. The van der Waals surface area contributed by atoms with Crippen LogP contribution in [-0.2, 0) is 4.74 Å². The number of rotatable bonds is 5. The van der Waals surface area contributed by atoms with Crippen molar-refractivity contribution in [2.75, 3.05) is 6.61 Å². The quantitative estimate of drug-likeness (QED) is 0.720. The number of alkyl halides is 5. The molecule has 7 heteroatoms. The molecule has 0 radical (unpaired) electrons. The largest absolute Gasteiger partial charge is 0.425 e. The Bertz CT molecular complexity index is 161. The van der Waals surface area contributed by atoms with Crippen LogP contribution in [0.2, 0.25) is 0 Å². The van der Waals surface area contributed by atoms with Gasteiger partial charge < -0.3 is 9.84 Å². The maximum Gasteiger partial charge on any atom is 0.425 e. The van der Waals surface area contributed by atoms with Crippen molar-refractivity contribution in [2.24, 2.45) is 0 Å². The van der Waals surface area contributed by atoms with E-state index in [1.807, 2.05) is 0 Å². The van der Waals surface area contributed by atoms with Gasteiger partial charge in [0, 0.05) is 0 Å². The van der Waals surface area contributed by atoms with Crippen molar-refractivity contribution in [1.29, 1.82) is 0 Å². The molecule has 0 rings (SSSR count). The van der Waals surface area contributed by atoms with Crippen LogP contribution in [0, 0.1) is 0 Å². The lowest BCUT2D eigenvalue weighted by Gasteiger charge is -2.18. The van der Waals surface area contributed by atoms with Gasteiger partial charge in [-0.1, -0.05) is 6.92 Å². The number of hydrogen-bond donors (Lipinski definition) is 1. The first kappa shape index (κ1) is 13.6. The van der Waals surface area contributed by atoms with Gasteiger partial charge in [-0.2, -0.15) is 13.2 Å². The summed E-state index contributed by atoms with van der Waals surface area (Å²) in [5, 5.41) is 8.80. The summed E-state index contributed by atoms with van der Waals surface area (Å²) in [7, 11) is 0. The van der Waals surface area contributed by atoms with Gasteiger partial charge in [0.15, 0.2) is 0 Å².